The molecule has 0 aromatic heterocycles. The number of hydrogen-bond donors (Lipinski definition) is 0. The second-order valence-electron chi connectivity index (χ2n) is 15.2. The molecule has 3 aliphatic heterocycles. The minimum atomic E-state index is -4.89. The van der Waals surface area contributed by atoms with Crippen molar-refractivity contribution in [3.8, 4) is 0 Å². The number of hydrogen-bond acceptors (Lipinski definition) is 2. The normalized spacial score (nSPS) is 23.7. The maximum absolute atomic E-state index is 4.89. The van der Waals surface area contributed by atoms with Crippen molar-refractivity contribution in [2.24, 2.45) is 0 Å². The van der Waals surface area contributed by atoms with Crippen LogP contribution in [-0.2, 0) is 0 Å². The van der Waals surface area contributed by atoms with Crippen LogP contribution in [0.4, 0.5) is 0 Å². The molecule has 7 rings (SSSR count). The summed E-state index contributed by atoms with van der Waals surface area (Å²) in [6, 6.07) is 46.2. The van der Waals surface area contributed by atoms with E-state index in [0.717, 1.165) is 0 Å². The van der Waals surface area contributed by atoms with Gasteiger partial charge in [-0.05, 0) is 0 Å². The fraction of sp³-hybridized carbons (Fsp3) is 0.333. The fourth-order valence-corrected chi connectivity index (χ4v) is 26.8. The monoisotopic (exact) mass is 640 g/mol. The van der Waals surface area contributed by atoms with E-state index in [2.05, 4.69) is 206 Å². The van der Waals surface area contributed by atoms with E-state index in [1.54, 1.807) is 0 Å². The van der Waals surface area contributed by atoms with Gasteiger partial charge in [-0.2, -0.15) is 0 Å². The molecule has 244 valence electrons. The van der Waals surface area contributed by atoms with Crippen LogP contribution in [0.2, 0.25) is 0 Å². The number of amidine groups is 2. The van der Waals surface area contributed by atoms with Crippen LogP contribution >= 0.6 is 0 Å². The van der Waals surface area contributed by atoms with Gasteiger partial charge in [-0.25, -0.2) is 0 Å². The van der Waals surface area contributed by atoms with Crippen LogP contribution in [0.3, 0.4) is 0 Å². The maximum atomic E-state index is 3.02. The Kier molecular flexibility index (Phi) is 7.11. The van der Waals surface area contributed by atoms with Crippen molar-refractivity contribution < 1.29 is 8.48 Å². The van der Waals surface area contributed by atoms with Gasteiger partial charge in [-0.1, -0.05) is 0 Å². The summed E-state index contributed by atoms with van der Waals surface area (Å²) in [5, 5.41) is 0. The third-order valence-corrected chi connectivity index (χ3v) is 23.5. The second kappa shape index (κ2) is 10.6. The Morgan fingerprint density at radius 1 is 0.447 bits per heavy atom. The molecular weight excluding hydrogens is 589 g/mol. The summed E-state index contributed by atoms with van der Waals surface area (Å²) in [6.07, 6.45) is 5.24. The van der Waals surface area contributed by atoms with E-state index in [-0.39, 0.29) is 35.2 Å². The van der Waals surface area contributed by atoms with Crippen molar-refractivity contribution in [1.29, 1.82) is 0 Å². The van der Waals surface area contributed by atoms with Crippen LogP contribution in [0.25, 0.3) is 0 Å². The zero-order valence-corrected chi connectivity index (χ0v) is 30.5. The zero-order chi connectivity index (χ0) is 33.2. The molecule has 0 unspecified atom stereocenters. The first-order valence-electron chi connectivity index (χ1n) is 17.7. The summed E-state index contributed by atoms with van der Waals surface area (Å²) in [7, 11) is -4.89. The number of rotatable bonds is 8. The Morgan fingerprint density at radius 3 is 1.02 bits per heavy atom. The average Bonchev–Trinajstić information content (AvgIpc) is 3.40. The molecule has 2 atom stereocenters. The number of allylic oxidation sites excluding steroid dienone is 2. The van der Waals surface area contributed by atoms with E-state index < -0.39 is 7.27 Å². The Hall–Kier alpha value is -4.22. The van der Waals surface area contributed by atoms with Crippen molar-refractivity contribution in [3.63, 3.8) is 0 Å². The van der Waals surface area contributed by atoms with Crippen molar-refractivity contribution in [2.45, 2.75) is 90.6 Å². The van der Waals surface area contributed by atoms with Crippen LogP contribution in [-0.4, -0.2) is 60.7 Å². The standard InChI is InChI=1S/C42H52N4Si/c1-31(2)43-41(37-25-17-11-18-26-37)44(32(3)4)47(43,45(33(5)6)42(46(47)34(7)8)38-27-19-12-20-28-38)39(35-21-13-9-14-22-35)29-30-40(47)36-23-15-10-16-24-36/h9-34,39-40H,1-8H3/t39-,40+. The third-order valence-electron chi connectivity index (χ3n) is 11.7. The second-order valence-corrected chi connectivity index (χ2v) is 22.0. The van der Waals surface area contributed by atoms with Crippen LogP contribution < -0.4 is 0 Å². The third kappa shape index (κ3) is 3.34. The molecule has 0 fully saturated rings. The molecule has 4 aromatic rings. The predicted molar refractivity (Wildman–Crippen MR) is 199 cm³/mol. The Labute approximate surface area is 282 Å². The van der Waals surface area contributed by atoms with E-state index in [4.69, 9.17) is 0 Å². The average molecular weight is 641 g/mol. The van der Waals surface area contributed by atoms with Crippen LogP contribution in [0.5, 0.6) is 0 Å². The molecule has 0 bridgehead atoms. The Bertz CT molecular complexity index is 1750. The molecule has 0 N–H and O–H groups in total. The molecular formula is C42H52N4Si. The van der Waals surface area contributed by atoms with Gasteiger partial charge >= 0.3 is 283 Å². The molecule has 0 saturated carbocycles. The first-order valence-corrected chi connectivity index (χ1v) is 20.7. The van der Waals surface area contributed by atoms with Crippen LogP contribution in [0.15, 0.2) is 133 Å². The quantitative estimate of drug-likeness (QED) is 0.141. The van der Waals surface area contributed by atoms with Crippen LogP contribution in [0, 0.1) is 0 Å². The van der Waals surface area contributed by atoms with Crippen molar-refractivity contribution >= 4 is 18.9 Å². The number of benzene rings is 4. The molecule has 4 aromatic carbocycles. The zero-order valence-electron chi connectivity index (χ0n) is 29.5. The van der Waals surface area contributed by atoms with Crippen molar-refractivity contribution in [2.75, 3.05) is 0 Å². The molecule has 3 heterocycles. The molecule has 0 saturated heterocycles. The molecule has 1 spiro atoms. The van der Waals surface area contributed by atoms with Gasteiger partial charge in [0.25, 0.3) is 0 Å². The fourth-order valence-electron chi connectivity index (χ4n) is 11.6. The van der Waals surface area contributed by atoms with Gasteiger partial charge in [0.2, 0.25) is 0 Å². The van der Waals surface area contributed by atoms with E-state index in [1.165, 1.54) is 33.9 Å². The Morgan fingerprint density at radius 2 is 0.745 bits per heavy atom. The SMILES string of the molecule is CC(C)N1C(c2ccccc2)=[N+](C(C)C)[Si-2]123([C@@H](c1ccccc1)C=C[C@H]2c1ccccc1)N(C(C)C)C(c1ccccc1)=[N+]3C(C)C. The van der Waals surface area contributed by atoms with Gasteiger partial charge in [-0.15, -0.1) is 0 Å². The van der Waals surface area contributed by atoms with E-state index in [0.29, 0.717) is 0 Å². The number of nitrogens with zero attached hydrogens (tertiary/aromatic N) is 4. The molecule has 0 aliphatic carbocycles. The summed E-state index contributed by atoms with van der Waals surface area (Å²) >= 11 is 0. The summed E-state index contributed by atoms with van der Waals surface area (Å²) in [6.45, 7) is 19.5. The van der Waals surface area contributed by atoms with Crippen molar-refractivity contribution in [3.05, 3.63) is 156 Å². The first-order chi connectivity index (χ1) is 22.6. The van der Waals surface area contributed by atoms with E-state index >= 15 is 0 Å². The summed E-state index contributed by atoms with van der Waals surface area (Å²) in [5.74, 6) is 2.71. The topological polar surface area (TPSA) is 12.5 Å². The van der Waals surface area contributed by atoms with Gasteiger partial charge in [-0.3, -0.25) is 0 Å². The molecule has 5 heteroatoms. The molecule has 47 heavy (non-hydrogen) atoms. The molecule has 4 nitrogen and oxygen atoms in total. The van der Waals surface area contributed by atoms with Gasteiger partial charge in [0, 0.05) is 0 Å². The minimum absolute atomic E-state index is 0.117. The summed E-state index contributed by atoms with van der Waals surface area (Å²) < 4.78 is 12.1. The first kappa shape index (κ1) is 31.4. The van der Waals surface area contributed by atoms with Crippen molar-refractivity contribution in [1.82, 2.24) is 9.13 Å². The molecule has 3 aliphatic rings. The summed E-state index contributed by atoms with van der Waals surface area (Å²) in [5.41, 5.74) is 5.59. The van der Waals surface area contributed by atoms with Gasteiger partial charge in [0.15, 0.2) is 0 Å². The van der Waals surface area contributed by atoms with Gasteiger partial charge < -0.3 is 0 Å². The van der Waals surface area contributed by atoms with E-state index in [9.17, 15) is 0 Å². The van der Waals surface area contributed by atoms with E-state index in [1.807, 2.05) is 0 Å². The molecule has 0 amide bonds. The Balaban J connectivity index is 1.84. The summed E-state index contributed by atoms with van der Waals surface area (Å²) in [4.78, 5) is 0. The van der Waals surface area contributed by atoms with Gasteiger partial charge in [0.05, 0.1) is 0 Å². The van der Waals surface area contributed by atoms with Gasteiger partial charge in [0.1, 0.15) is 0 Å². The molecule has 0 radical (unpaired) electrons. The predicted octanol–water partition coefficient (Wildman–Crippen LogP) is 8.73. The van der Waals surface area contributed by atoms with Crippen LogP contribution in [0.1, 0.15) is 88.7 Å².